The summed E-state index contributed by atoms with van der Waals surface area (Å²) in [5.74, 6) is -0.166. The van der Waals surface area contributed by atoms with E-state index in [-0.39, 0.29) is 24.3 Å². The number of hydrogen-bond acceptors (Lipinski definition) is 6. The molecule has 0 radical (unpaired) electrons. The SMILES string of the molecule is CCOC(=O)c1cnn(Cc2cccc(C#N)c2)c1/N=N/N(C(C)C)C(C)C. The molecule has 1 aromatic carbocycles. The molecule has 28 heavy (non-hydrogen) atoms. The van der Waals surface area contributed by atoms with Crippen LogP contribution in [-0.4, -0.2) is 39.4 Å². The molecule has 0 fully saturated rings. The van der Waals surface area contributed by atoms with E-state index in [0.717, 1.165) is 5.56 Å². The van der Waals surface area contributed by atoms with Crippen LogP contribution in [0.1, 0.15) is 56.1 Å². The smallest absolute Gasteiger partial charge is 0.343 e. The Morgan fingerprint density at radius 1 is 1.32 bits per heavy atom. The Labute approximate surface area is 165 Å². The summed E-state index contributed by atoms with van der Waals surface area (Å²) in [5.41, 5.74) is 1.69. The van der Waals surface area contributed by atoms with E-state index in [2.05, 4.69) is 21.5 Å². The summed E-state index contributed by atoms with van der Waals surface area (Å²) in [4.78, 5) is 12.3. The quantitative estimate of drug-likeness (QED) is 0.389. The highest BCUT2D eigenvalue weighted by Gasteiger charge is 2.20. The van der Waals surface area contributed by atoms with E-state index in [9.17, 15) is 4.79 Å². The molecular weight excluding hydrogens is 356 g/mol. The second-order valence-corrected chi connectivity index (χ2v) is 6.83. The molecule has 0 aliphatic carbocycles. The fourth-order valence-electron chi connectivity index (χ4n) is 2.76. The van der Waals surface area contributed by atoms with Crippen LogP contribution in [0, 0.1) is 11.3 Å². The van der Waals surface area contributed by atoms with Crippen LogP contribution in [0.15, 0.2) is 40.8 Å². The molecule has 0 unspecified atom stereocenters. The van der Waals surface area contributed by atoms with Crippen molar-refractivity contribution in [2.24, 2.45) is 10.3 Å². The number of benzene rings is 1. The van der Waals surface area contributed by atoms with Crippen LogP contribution < -0.4 is 0 Å². The number of nitrogens with zero attached hydrogens (tertiary/aromatic N) is 6. The van der Waals surface area contributed by atoms with Gasteiger partial charge in [0.25, 0.3) is 0 Å². The lowest BCUT2D eigenvalue weighted by Gasteiger charge is -2.25. The molecule has 8 nitrogen and oxygen atoms in total. The molecule has 0 aliphatic heterocycles. The van der Waals surface area contributed by atoms with Gasteiger partial charge in [-0.2, -0.15) is 10.4 Å². The molecule has 0 saturated carbocycles. The summed E-state index contributed by atoms with van der Waals surface area (Å²) in [5, 5.41) is 23.9. The number of carbonyl (C=O) groups is 1. The molecule has 8 heteroatoms. The van der Waals surface area contributed by atoms with Crippen molar-refractivity contribution in [2.45, 2.75) is 53.2 Å². The number of rotatable bonds is 8. The Bertz CT molecular complexity index is 871. The van der Waals surface area contributed by atoms with Crippen molar-refractivity contribution in [3.05, 3.63) is 47.2 Å². The highest BCUT2D eigenvalue weighted by Crippen LogP contribution is 2.23. The van der Waals surface area contributed by atoms with Gasteiger partial charge < -0.3 is 4.74 Å². The van der Waals surface area contributed by atoms with Gasteiger partial charge in [-0.25, -0.2) is 9.48 Å². The van der Waals surface area contributed by atoms with Crippen LogP contribution in [-0.2, 0) is 11.3 Å². The van der Waals surface area contributed by atoms with Crippen molar-refractivity contribution in [3.63, 3.8) is 0 Å². The summed E-state index contributed by atoms with van der Waals surface area (Å²) in [6, 6.07) is 9.64. The zero-order valence-electron chi connectivity index (χ0n) is 17.0. The minimum absolute atomic E-state index is 0.151. The lowest BCUT2D eigenvalue weighted by atomic mass is 10.1. The van der Waals surface area contributed by atoms with Gasteiger partial charge in [0.15, 0.2) is 5.82 Å². The third kappa shape index (κ3) is 5.16. The van der Waals surface area contributed by atoms with Crippen molar-refractivity contribution in [3.8, 4) is 6.07 Å². The van der Waals surface area contributed by atoms with Crippen LogP contribution in [0.5, 0.6) is 0 Å². The van der Waals surface area contributed by atoms with Gasteiger partial charge in [0.2, 0.25) is 0 Å². The Morgan fingerprint density at radius 2 is 2.04 bits per heavy atom. The van der Waals surface area contributed by atoms with E-state index < -0.39 is 5.97 Å². The average molecular weight is 382 g/mol. The van der Waals surface area contributed by atoms with E-state index in [4.69, 9.17) is 10.00 Å². The van der Waals surface area contributed by atoms with Gasteiger partial charge in [0.1, 0.15) is 5.56 Å². The largest absolute Gasteiger partial charge is 0.462 e. The van der Waals surface area contributed by atoms with Crippen molar-refractivity contribution in [1.29, 1.82) is 5.26 Å². The number of esters is 1. The van der Waals surface area contributed by atoms with Gasteiger partial charge in [0.05, 0.1) is 31.0 Å². The van der Waals surface area contributed by atoms with Crippen molar-refractivity contribution in [1.82, 2.24) is 14.8 Å². The molecule has 2 aromatic rings. The monoisotopic (exact) mass is 382 g/mol. The maximum absolute atomic E-state index is 12.3. The van der Waals surface area contributed by atoms with Gasteiger partial charge in [-0.05, 0) is 52.3 Å². The summed E-state index contributed by atoms with van der Waals surface area (Å²) in [7, 11) is 0. The van der Waals surface area contributed by atoms with Gasteiger partial charge in [-0.1, -0.05) is 17.4 Å². The molecule has 0 aliphatic rings. The first kappa shape index (κ1) is 21.1. The highest BCUT2D eigenvalue weighted by molar-refractivity contribution is 5.93. The summed E-state index contributed by atoms with van der Waals surface area (Å²) >= 11 is 0. The van der Waals surface area contributed by atoms with Crippen molar-refractivity contribution in [2.75, 3.05) is 6.61 Å². The Kier molecular flexibility index (Phi) is 7.27. The first-order valence-corrected chi connectivity index (χ1v) is 9.29. The molecular formula is C20H26N6O2. The van der Waals surface area contributed by atoms with E-state index in [1.54, 1.807) is 23.7 Å². The molecule has 1 heterocycles. The molecule has 1 aromatic heterocycles. The minimum Gasteiger partial charge on any atom is -0.462 e. The molecule has 2 rings (SSSR count). The lowest BCUT2D eigenvalue weighted by Crippen LogP contribution is -2.31. The van der Waals surface area contributed by atoms with E-state index in [0.29, 0.717) is 17.9 Å². The van der Waals surface area contributed by atoms with E-state index in [1.165, 1.54) is 6.20 Å². The Balaban J connectivity index is 2.42. The number of hydrogen-bond donors (Lipinski definition) is 0. The maximum Gasteiger partial charge on any atom is 0.343 e. The topological polar surface area (TPSA) is 95.9 Å². The van der Waals surface area contributed by atoms with E-state index in [1.807, 2.05) is 44.8 Å². The van der Waals surface area contributed by atoms with Crippen LogP contribution >= 0.6 is 0 Å². The zero-order chi connectivity index (χ0) is 20.7. The molecule has 0 bridgehead atoms. The number of ether oxygens (including phenoxy) is 1. The van der Waals surface area contributed by atoms with Crippen LogP contribution in [0.25, 0.3) is 0 Å². The number of nitriles is 1. The molecule has 0 spiro atoms. The van der Waals surface area contributed by atoms with Gasteiger partial charge >= 0.3 is 5.97 Å². The summed E-state index contributed by atoms with van der Waals surface area (Å²) in [6.07, 6.45) is 1.44. The molecule has 0 amide bonds. The van der Waals surface area contributed by atoms with Gasteiger partial charge in [0, 0.05) is 12.1 Å². The van der Waals surface area contributed by atoms with Gasteiger partial charge in [-0.3, -0.25) is 5.01 Å². The average Bonchev–Trinajstić information content (AvgIpc) is 3.04. The van der Waals surface area contributed by atoms with Gasteiger partial charge in [-0.15, -0.1) is 5.11 Å². The lowest BCUT2D eigenvalue weighted by molar-refractivity contribution is 0.0527. The van der Waals surface area contributed by atoms with Crippen LogP contribution in [0.4, 0.5) is 5.82 Å². The fourth-order valence-corrected chi connectivity index (χ4v) is 2.76. The zero-order valence-corrected chi connectivity index (χ0v) is 17.0. The van der Waals surface area contributed by atoms with Crippen LogP contribution in [0.2, 0.25) is 0 Å². The first-order chi connectivity index (χ1) is 13.4. The van der Waals surface area contributed by atoms with Crippen LogP contribution in [0.3, 0.4) is 0 Å². The maximum atomic E-state index is 12.3. The normalized spacial score (nSPS) is 11.2. The third-order valence-corrected chi connectivity index (χ3v) is 4.00. The predicted octanol–water partition coefficient (Wildman–Crippen LogP) is 4.10. The number of carbonyl (C=O) groups excluding carboxylic acids is 1. The highest BCUT2D eigenvalue weighted by atomic mass is 16.5. The minimum atomic E-state index is -0.492. The fraction of sp³-hybridized carbons (Fsp3) is 0.450. The van der Waals surface area contributed by atoms with Crippen molar-refractivity contribution < 1.29 is 9.53 Å². The Hall–Kier alpha value is -3.21. The Morgan fingerprint density at radius 3 is 2.64 bits per heavy atom. The first-order valence-electron chi connectivity index (χ1n) is 9.29. The van der Waals surface area contributed by atoms with Crippen molar-refractivity contribution >= 4 is 11.8 Å². The summed E-state index contributed by atoms with van der Waals surface area (Å²) < 4.78 is 6.71. The third-order valence-electron chi connectivity index (χ3n) is 4.00. The molecule has 0 N–H and O–H groups in total. The molecule has 0 saturated heterocycles. The molecule has 148 valence electrons. The summed E-state index contributed by atoms with van der Waals surface area (Å²) in [6.45, 7) is 10.5. The predicted molar refractivity (Wildman–Crippen MR) is 105 cm³/mol. The standard InChI is InChI=1S/C20H26N6O2/c1-6-28-20(27)18-12-22-25(13-17-9-7-8-16(10-17)11-21)19(18)23-24-26(14(2)3)15(4)5/h7-10,12,14-15H,6,13H2,1-5H3/b24-23+. The molecule has 0 atom stereocenters. The van der Waals surface area contributed by atoms with E-state index >= 15 is 0 Å². The second-order valence-electron chi connectivity index (χ2n) is 6.83. The number of aromatic nitrogens is 2. The second kappa shape index (κ2) is 9.65.